The molecule has 1 heterocycles. The van der Waals surface area contributed by atoms with Gasteiger partial charge in [0.15, 0.2) is 5.11 Å². The number of hydrogen-bond acceptors (Lipinski definition) is 5. The fourth-order valence-corrected chi connectivity index (χ4v) is 4.29. The van der Waals surface area contributed by atoms with Crippen molar-refractivity contribution in [1.29, 1.82) is 0 Å². The van der Waals surface area contributed by atoms with Gasteiger partial charge in [0.05, 0.1) is 17.3 Å². The lowest BCUT2D eigenvalue weighted by molar-refractivity contribution is -0.132. The standard InChI is InChI=1S/C26H33ClN4O3S/c1-4-15-34-21-8-5-19(6-9-21)25(33)29-26(35)28-20-7-10-23(22(27)17-20)30-11-13-31(14-12-30)24(32)16-18(2)3/h5-10,17-18H,4,11-16H2,1-3H3,(H2,28,29,33,35). The summed E-state index contributed by atoms with van der Waals surface area (Å²) in [5.74, 6) is 0.984. The molecule has 0 aromatic heterocycles. The zero-order valence-corrected chi connectivity index (χ0v) is 22.0. The van der Waals surface area contributed by atoms with Crippen LogP contribution in [0.3, 0.4) is 0 Å². The van der Waals surface area contributed by atoms with Crippen LogP contribution in [0.25, 0.3) is 0 Å². The maximum atomic E-state index is 12.5. The number of nitrogens with zero attached hydrogens (tertiary/aromatic N) is 2. The van der Waals surface area contributed by atoms with Crippen molar-refractivity contribution in [1.82, 2.24) is 10.2 Å². The second kappa shape index (κ2) is 12.7. The Hall–Kier alpha value is -2.84. The Kier molecular flexibility index (Phi) is 9.74. The molecule has 0 aliphatic carbocycles. The van der Waals surface area contributed by atoms with Gasteiger partial charge < -0.3 is 19.9 Å². The van der Waals surface area contributed by atoms with Gasteiger partial charge in [-0.2, -0.15) is 0 Å². The number of thiocarbonyl (C=S) groups is 1. The van der Waals surface area contributed by atoms with Gasteiger partial charge in [0, 0.05) is 43.9 Å². The predicted molar refractivity (Wildman–Crippen MR) is 146 cm³/mol. The zero-order valence-electron chi connectivity index (χ0n) is 20.5. The van der Waals surface area contributed by atoms with Gasteiger partial charge in [-0.15, -0.1) is 0 Å². The quantitative estimate of drug-likeness (QED) is 0.484. The van der Waals surface area contributed by atoms with Gasteiger partial charge in [0.2, 0.25) is 5.91 Å². The topological polar surface area (TPSA) is 73.9 Å². The Bertz CT molecular complexity index is 1040. The molecule has 2 aromatic rings. The van der Waals surface area contributed by atoms with Crippen molar-refractivity contribution >= 4 is 52.1 Å². The van der Waals surface area contributed by atoms with Crippen molar-refractivity contribution in [3.05, 3.63) is 53.1 Å². The molecule has 0 spiro atoms. The molecule has 188 valence electrons. The van der Waals surface area contributed by atoms with Crippen LogP contribution in [-0.2, 0) is 4.79 Å². The van der Waals surface area contributed by atoms with Crippen molar-refractivity contribution in [2.45, 2.75) is 33.6 Å². The van der Waals surface area contributed by atoms with Gasteiger partial charge in [0.25, 0.3) is 5.91 Å². The third-order valence-corrected chi connectivity index (χ3v) is 6.08. The van der Waals surface area contributed by atoms with E-state index in [1.165, 1.54) is 0 Å². The average molecular weight is 517 g/mol. The first kappa shape index (κ1) is 26.8. The number of amides is 2. The van der Waals surface area contributed by atoms with E-state index in [0.717, 1.165) is 30.9 Å². The van der Waals surface area contributed by atoms with Gasteiger partial charge in [0.1, 0.15) is 5.75 Å². The molecule has 0 atom stereocenters. The summed E-state index contributed by atoms with van der Waals surface area (Å²) in [6, 6.07) is 12.5. The van der Waals surface area contributed by atoms with E-state index in [9.17, 15) is 9.59 Å². The molecule has 2 amide bonds. The number of benzene rings is 2. The summed E-state index contributed by atoms with van der Waals surface area (Å²) < 4.78 is 5.54. The van der Waals surface area contributed by atoms with E-state index in [0.29, 0.717) is 48.3 Å². The number of hydrogen-bond donors (Lipinski definition) is 2. The molecule has 2 N–H and O–H groups in total. The summed E-state index contributed by atoms with van der Waals surface area (Å²) in [6.45, 7) is 9.61. The second-order valence-corrected chi connectivity index (χ2v) is 9.73. The van der Waals surface area contributed by atoms with E-state index in [1.54, 1.807) is 30.3 Å². The lowest BCUT2D eigenvalue weighted by Gasteiger charge is -2.37. The van der Waals surface area contributed by atoms with Gasteiger partial charge in [-0.25, -0.2) is 0 Å². The minimum Gasteiger partial charge on any atom is -0.494 e. The van der Waals surface area contributed by atoms with Crippen LogP contribution in [-0.4, -0.2) is 54.6 Å². The van der Waals surface area contributed by atoms with Crippen LogP contribution < -0.4 is 20.3 Å². The molecular formula is C26H33ClN4O3S. The number of halogens is 1. The number of anilines is 2. The minimum atomic E-state index is -0.308. The number of piperazine rings is 1. The first-order valence-electron chi connectivity index (χ1n) is 11.9. The molecule has 35 heavy (non-hydrogen) atoms. The van der Waals surface area contributed by atoms with E-state index in [1.807, 2.05) is 24.0 Å². The Morgan fingerprint density at radius 3 is 2.37 bits per heavy atom. The Labute approximate surface area is 217 Å². The maximum absolute atomic E-state index is 12.5. The third kappa shape index (κ3) is 7.83. The molecule has 0 bridgehead atoms. The zero-order chi connectivity index (χ0) is 25.4. The van der Waals surface area contributed by atoms with E-state index in [4.69, 9.17) is 28.6 Å². The van der Waals surface area contributed by atoms with Crippen molar-refractivity contribution in [3.8, 4) is 5.75 Å². The lowest BCUT2D eigenvalue weighted by Crippen LogP contribution is -2.49. The Morgan fingerprint density at radius 2 is 1.77 bits per heavy atom. The van der Waals surface area contributed by atoms with E-state index < -0.39 is 0 Å². The highest BCUT2D eigenvalue weighted by Gasteiger charge is 2.23. The van der Waals surface area contributed by atoms with Crippen LogP contribution in [0, 0.1) is 5.92 Å². The predicted octanol–water partition coefficient (Wildman–Crippen LogP) is 4.95. The van der Waals surface area contributed by atoms with Crippen LogP contribution in [0.1, 0.15) is 44.0 Å². The SMILES string of the molecule is CCCOc1ccc(C(=O)NC(=S)Nc2ccc(N3CCN(C(=O)CC(C)C)CC3)c(Cl)c2)cc1. The van der Waals surface area contributed by atoms with Gasteiger partial charge >= 0.3 is 0 Å². The van der Waals surface area contributed by atoms with Crippen LogP contribution >= 0.6 is 23.8 Å². The van der Waals surface area contributed by atoms with E-state index in [2.05, 4.69) is 29.4 Å². The normalized spacial score (nSPS) is 13.5. The van der Waals surface area contributed by atoms with E-state index >= 15 is 0 Å². The Balaban J connectivity index is 1.52. The van der Waals surface area contributed by atoms with Crippen molar-refractivity contribution < 1.29 is 14.3 Å². The molecule has 1 aliphatic rings. The molecule has 0 radical (unpaired) electrons. The van der Waals surface area contributed by atoms with Crippen LogP contribution in [0.2, 0.25) is 5.02 Å². The van der Waals surface area contributed by atoms with Gasteiger partial charge in [-0.3, -0.25) is 14.9 Å². The van der Waals surface area contributed by atoms with Crippen molar-refractivity contribution in [2.24, 2.45) is 5.92 Å². The first-order chi connectivity index (χ1) is 16.8. The van der Waals surface area contributed by atoms with Crippen LogP contribution in [0.4, 0.5) is 11.4 Å². The number of nitrogens with one attached hydrogen (secondary N) is 2. The van der Waals surface area contributed by atoms with Gasteiger partial charge in [-0.05, 0) is 67.0 Å². The molecule has 9 heteroatoms. The molecule has 0 saturated carbocycles. The summed E-state index contributed by atoms with van der Waals surface area (Å²) in [6.07, 6.45) is 1.50. The molecule has 3 rings (SSSR count). The largest absolute Gasteiger partial charge is 0.494 e. The van der Waals surface area contributed by atoms with Crippen LogP contribution in [0.15, 0.2) is 42.5 Å². The molecule has 1 saturated heterocycles. The highest BCUT2D eigenvalue weighted by atomic mass is 35.5. The summed E-state index contributed by atoms with van der Waals surface area (Å²) in [5, 5.41) is 6.46. The van der Waals surface area contributed by atoms with E-state index in [-0.39, 0.29) is 16.9 Å². The third-order valence-electron chi connectivity index (χ3n) is 5.58. The summed E-state index contributed by atoms with van der Waals surface area (Å²) >= 11 is 11.9. The molecular weight excluding hydrogens is 484 g/mol. The smallest absolute Gasteiger partial charge is 0.257 e. The first-order valence-corrected chi connectivity index (χ1v) is 12.7. The fourth-order valence-electron chi connectivity index (χ4n) is 3.78. The molecule has 1 fully saturated rings. The molecule has 7 nitrogen and oxygen atoms in total. The molecule has 2 aromatic carbocycles. The minimum absolute atomic E-state index is 0.183. The lowest BCUT2D eigenvalue weighted by atomic mass is 10.1. The second-order valence-electron chi connectivity index (χ2n) is 8.91. The molecule has 1 aliphatic heterocycles. The Morgan fingerprint density at radius 1 is 1.09 bits per heavy atom. The number of carbonyl (C=O) groups is 2. The monoisotopic (exact) mass is 516 g/mol. The summed E-state index contributed by atoms with van der Waals surface area (Å²) in [4.78, 5) is 28.9. The summed E-state index contributed by atoms with van der Waals surface area (Å²) in [7, 11) is 0. The van der Waals surface area contributed by atoms with Crippen molar-refractivity contribution in [2.75, 3.05) is 43.0 Å². The van der Waals surface area contributed by atoms with Crippen molar-refractivity contribution in [3.63, 3.8) is 0 Å². The average Bonchev–Trinajstić information content (AvgIpc) is 2.82. The maximum Gasteiger partial charge on any atom is 0.257 e. The fraction of sp³-hybridized carbons (Fsp3) is 0.423. The number of ether oxygens (including phenoxy) is 1. The van der Waals surface area contributed by atoms with Gasteiger partial charge in [-0.1, -0.05) is 32.4 Å². The molecule has 0 unspecified atom stereocenters. The number of rotatable bonds is 8. The highest BCUT2D eigenvalue weighted by Crippen LogP contribution is 2.30. The number of carbonyl (C=O) groups excluding carboxylic acids is 2. The summed E-state index contributed by atoms with van der Waals surface area (Å²) in [5.41, 5.74) is 2.07. The van der Waals surface area contributed by atoms with Crippen LogP contribution in [0.5, 0.6) is 5.75 Å². The highest BCUT2D eigenvalue weighted by molar-refractivity contribution is 7.80.